The van der Waals surface area contributed by atoms with Crippen molar-refractivity contribution in [3.63, 3.8) is 0 Å². The average molecular weight is 530 g/mol. The summed E-state index contributed by atoms with van der Waals surface area (Å²) in [5.74, 6) is -2.62. The van der Waals surface area contributed by atoms with Crippen molar-refractivity contribution >= 4 is 24.2 Å². The Balaban J connectivity index is 1.74. The highest BCUT2D eigenvalue weighted by Gasteiger charge is 2.65. The quantitative estimate of drug-likeness (QED) is 0.237. The van der Waals surface area contributed by atoms with Gasteiger partial charge in [0.05, 0.1) is 17.6 Å². The van der Waals surface area contributed by atoms with E-state index >= 15 is 0 Å². The second kappa shape index (κ2) is 9.55. The Bertz CT molecular complexity index is 1160. The second-order valence-electron chi connectivity index (χ2n) is 11.4. The maximum atomic E-state index is 14.1. The number of hydrogen-bond donors (Lipinski definition) is 1. The minimum atomic E-state index is -1.20. The minimum absolute atomic E-state index is 0.00654. The van der Waals surface area contributed by atoms with E-state index in [1.165, 1.54) is 14.0 Å². The van der Waals surface area contributed by atoms with Crippen LogP contribution in [0.5, 0.6) is 0 Å². The summed E-state index contributed by atoms with van der Waals surface area (Å²) in [6.45, 7) is 6.97. The van der Waals surface area contributed by atoms with Crippen molar-refractivity contribution in [2.75, 3.05) is 26.8 Å². The highest BCUT2D eigenvalue weighted by atomic mass is 16.6. The second-order valence-corrected chi connectivity index (χ2v) is 11.4. The molecule has 0 amide bonds. The van der Waals surface area contributed by atoms with Crippen LogP contribution in [0.25, 0.3) is 0 Å². The van der Waals surface area contributed by atoms with Gasteiger partial charge in [-0.15, -0.1) is 0 Å². The van der Waals surface area contributed by atoms with Crippen LogP contribution in [-0.4, -0.2) is 79.3 Å². The lowest BCUT2D eigenvalue weighted by Gasteiger charge is -2.54. The summed E-state index contributed by atoms with van der Waals surface area (Å²) in [7, 11) is 1.49. The maximum Gasteiger partial charge on any atom is 0.340 e. The smallest absolute Gasteiger partial charge is 0.340 e. The van der Waals surface area contributed by atoms with Gasteiger partial charge in [-0.1, -0.05) is 6.92 Å². The van der Waals surface area contributed by atoms with Crippen LogP contribution in [0.4, 0.5) is 0 Å². The Kier molecular flexibility index (Phi) is 6.65. The van der Waals surface area contributed by atoms with E-state index in [2.05, 4.69) is 0 Å². The van der Waals surface area contributed by atoms with Crippen molar-refractivity contribution in [1.82, 2.24) is 4.90 Å². The number of aliphatic hydroxyl groups is 1. The zero-order valence-electron chi connectivity index (χ0n) is 22.3. The number of hydrogen-bond acceptors (Lipinski definition) is 10. The summed E-state index contributed by atoms with van der Waals surface area (Å²) in [5.41, 5.74) is -0.700. The zero-order chi connectivity index (χ0) is 27.4. The minimum Gasteiger partial charge on any atom is -0.504 e. The maximum absolute atomic E-state index is 14.1. The van der Waals surface area contributed by atoms with Crippen LogP contribution in [-0.2, 0) is 38.1 Å². The van der Waals surface area contributed by atoms with Crippen LogP contribution in [0, 0.1) is 16.7 Å². The third-order valence-corrected chi connectivity index (χ3v) is 9.29. The normalized spacial score (nSPS) is 37.6. The van der Waals surface area contributed by atoms with E-state index in [1.807, 2.05) is 18.7 Å². The van der Waals surface area contributed by atoms with Crippen LogP contribution in [0.1, 0.15) is 52.9 Å². The van der Waals surface area contributed by atoms with Crippen molar-refractivity contribution in [1.29, 1.82) is 0 Å². The molecule has 6 atom stereocenters. The van der Waals surface area contributed by atoms with Gasteiger partial charge in [0.1, 0.15) is 18.3 Å². The number of methoxy groups -OCH3 is 1. The first-order valence-electron chi connectivity index (χ1n) is 13.2. The molecule has 0 spiro atoms. The van der Waals surface area contributed by atoms with Gasteiger partial charge in [0.15, 0.2) is 5.76 Å². The molecule has 0 bridgehead atoms. The fraction of sp³-hybridized carbons (Fsp3) is 0.643. The third-order valence-electron chi connectivity index (χ3n) is 9.29. The molecule has 10 nitrogen and oxygen atoms in total. The number of likely N-dealkylation sites (tertiary alicyclic amines) is 1. The van der Waals surface area contributed by atoms with E-state index in [9.17, 15) is 24.3 Å². The standard InChI is InChI=1S/C28H35NO9/c1-15(31)37-18-11-27(2)17(7-8-19(27)36-14-30)21-23(18)28(3)20(13-35-4)38-26(34)16(12-29-9-5-6-10-29)22(28)25(33)24(21)32/h12,14,17-20,33H,5-11,13H2,1-4H3/t17?,18-,19+,20-,27+,28+/m1/s1. The highest BCUT2D eigenvalue weighted by molar-refractivity contribution is 6.13. The summed E-state index contributed by atoms with van der Waals surface area (Å²) in [6.07, 6.45) is 2.80. The van der Waals surface area contributed by atoms with Crippen LogP contribution in [0.3, 0.4) is 0 Å². The molecule has 3 fully saturated rings. The Morgan fingerprint density at radius 1 is 1.21 bits per heavy atom. The number of esters is 2. The fourth-order valence-corrected chi connectivity index (χ4v) is 7.60. The number of cyclic esters (lactones) is 1. The molecule has 2 heterocycles. The predicted molar refractivity (Wildman–Crippen MR) is 132 cm³/mol. The molecule has 0 aromatic heterocycles. The van der Waals surface area contributed by atoms with Gasteiger partial charge in [-0.2, -0.15) is 0 Å². The third kappa shape index (κ3) is 3.79. The molecule has 2 saturated heterocycles. The molecule has 10 heteroatoms. The zero-order valence-corrected chi connectivity index (χ0v) is 22.3. The number of allylic oxidation sites excluding steroid dienone is 1. The topological polar surface area (TPSA) is 129 Å². The molecule has 5 aliphatic rings. The number of ketones is 1. The van der Waals surface area contributed by atoms with Crippen LogP contribution < -0.4 is 0 Å². The van der Waals surface area contributed by atoms with E-state index in [0.717, 1.165) is 25.9 Å². The first-order chi connectivity index (χ1) is 18.1. The number of nitrogens with zero attached hydrogens (tertiary/aromatic N) is 1. The molecule has 3 aliphatic carbocycles. The van der Waals surface area contributed by atoms with Crippen molar-refractivity contribution < 1.29 is 43.2 Å². The van der Waals surface area contributed by atoms with Crippen LogP contribution in [0.2, 0.25) is 0 Å². The van der Waals surface area contributed by atoms with Crippen molar-refractivity contribution in [2.45, 2.75) is 71.2 Å². The first kappa shape index (κ1) is 26.5. The van der Waals surface area contributed by atoms with Crippen molar-refractivity contribution in [3.8, 4) is 0 Å². The molecular weight excluding hydrogens is 494 g/mol. The number of carbonyl (C=O) groups is 4. The predicted octanol–water partition coefficient (Wildman–Crippen LogP) is 2.53. The van der Waals surface area contributed by atoms with Gasteiger partial charge in [-0.05, 0) is 50.5 Å². The Labute approximate surface area is 221 Å². The molecule has 1 N–H and O–H groups in total. The van der Waals surface area contributed by atoms with Crippen molar-refractivity contribution in [2.24, 2.45) is 16.7 Å². The lowest BCUT2D eigenvalue weighted by molar-refractivity contribution is -0.161. The van der Waals surface area contributed by atoms with E-state index in [4.69, 9.17) is 18.9 Å². The lowest BCUT2D eigenvalue weighted by Crippen LogP contribution is -2.57. The highest BCUT2D eigenvalue weighted by Crippen LogP contribution is 2.63. The Morgan fingerprint density at radius 2 is 1.92 bits per heavy atom. The van der Waals surface area contributed by atoms with Gasteiger partial charge in [-0.25, -0.2) is 4.79 Å². The molecule has 0 aromatic rings. The molecule has 0 aromatic carbocycles. The number of fused-ring (bicyclic) bond motifs is 4. The number of carbonyl (C=O) groups excluding carboxylic acids is 4. The summed E-state index contributed by atoms with van der Waals surface area (Å²) in [5, 5.41) is 11.6. The van der Waals surface area contributed by atoms with Crippen molar-refractivity contribution in [3.05, 3.63) is 34.3 Å². The SMILES string of the molecule is COC[C@H]1OC(=O)C(=CN2CCCC2)C2=C(O)C(=O)C3=C([C@H](OC(C)=O)C[C@@]4(C)C3CC[C@@H]4OC=O)[C@]21C. The summed E-state index contributed by atoms with van der Waals surface area (Å²) >= 11 is 0. The number of ether oxygens (including phenoxy) is 4. The molecule has 206 valence electrons. The molecule has 5 rings (SSSR count). The summed E-state index contributed by atoms with van der Waals surface area (Å²) in [4.78, 5) is 53.0. The van der Waals surface area contributed by atoms with Gasteiger partial charge in [0.2, 0.25) is 5.78 Å². The van der Waals surface area contributed by atoms with Crippen LogP contribution >= 0.6 is 0 Å². The largest absolute Gasteiger partial charge is 0.504 e. The Morgan fingerprint density at radius 3 is 2.55 bits per heavy atom. The van der Waals surface area contributed by atoms with Gasteiger partial charge >= 0.3 is 11.9 Å². The monoisotopic (exact) mass is 529 g/mol. The summed E-state index contributed by atoms with van der Waals surface area (Å²) in [6, 6.07) is 0. The molecule has 1 unspecified atom stereocenters. The number of aliphatic hydroxyl groups excluding tert-OH is 1. The van der Waals surface area contributed by atoms with Crippen LogP contribution in [0.15, 0.2) is 34.3 Å². The average Bonchev–Trinajstić information content (AvgIpc) is 3.48. The molecule has 2 aliphatic heterocycles. The van der Waals surface area contributed by atoms with E-state index in [1.54, 1.807) is 6.20 Å². The first-order valence-corrected chi connectivity index (χ1v) is 13.2. The van der Waals surface area contributed by atoms with Gasteiger partial charge in [-0.3, -0.25) is 14.4 Å². The van der Waals surface area contributed by atoms with Gasteiger partial charge in [0.25, 0.3) is 6.47 Å². The van der Waals surface area contributed by atoms with E-state index < -0.39 is 52.6 Å². The molecular formula is C28H35NO9. The fourth-order valence-electron chi connectivity index (χ4n) is 7.60. The number of Topliss-reactive ketones (excluding diaryl/α,β-unsaturated/α-hetero) is 1. The lowest BCUT2D eigenvalue weighted by atomic mass is 9.53. The van der Waals surface area contributed by atoms with E-state index in [-0.39, 0.29) is 23.7 Å². The molecule has 1 saturated carbocycles. The van der Waals surface area contributed by atoms with Gasteiger partial charge in [0, 0.05) is 49.9 Å². The molecule has 38 heavy (non-hydrogen) atoms. The summed E-state index contributed by atoms with van der Waals surface area (Å²) < 4.78 is 22.7. The number of rotatable bonds is 6. The Hall–Kier alpha value is -3.14. The molecule has 0 radical (unpaired) electrons. The van der Waals surface area contributed by atoms with E-state index in [0.29, 0.717) is 36.9 Å². The van der Waals surface area contributed by atoms with Gasteiger partial charge < -0.3 is 29.0 Å².